The quantitative estimate of drug-likeness (QED) is 0.423. The van der Waals surface area contributed by atoms with Gasteiger partial charge in [-0.2, -0.15) is 4.98 Å². The normalized spacial score (nSPS) is 11.5. The summed E-state index contributed by atoms with van der Waals surface area (Å²) in [6, 6.07) is 9.25. The maximum Gasteiger partial charge on any atom is 0.255 e. The minimum Gasteiger partial charge on any atom is -0.437 e. The van der Waals surface area contributed by atoms with Crippen molar-refractivity contribution >= 4 is 39.1 Å². The van der Waals surface area contributed by atoms with E-state index in [1.165, 1.54) is 11.4 Å². The molecule has 9 heteroatoms. The second-order valence-electron chi connectivity index (χ2n) is 7.38. The Hall–Kier alpha value is -3.20. The van der Waals surface area contributed by atoms with E-state index in [9.17, 15) is 18.0 Å². The highest BCUT2D eigenvalue weighted by Gasteiger charge is 2.26. The number of fused-ring (bicyclic) bond motifs is 1. The average Bonchev–Trinajstić information content (AvgIpc) is 3.08. The monoisotopic (exact) mass is 443 g/mol. The number of sulfonamides is 1. The molecule has 0 aliphatic heterocycles. The van der Waals surface area contributed by atoms with Crippen molar-refractivity contribution in [3.8, 4) is 11.3 Å². The minimum absolute atomic E-state index is 0.116. The number of hydrogen-bond acceptors (Lipinski definition) is 6. The van der Waals surface area contributed by atoms with Crippen molar-refractivity contribution in [1.82, 2.24) is 10.3 Å². The molecule has 0 atom stereocenters. The molecule has 3 aromatic rings. The number of furan rings is 1. The van der Waals surface area contributed by atoms with Crippen LogP contribution in [0.1, 0.15) is 34.3 Å². The summed E-state index contributed by atoms with van der Waals surface area (Å²) in [4.78, 5) is 27.8. The Morgan fingerprint density at radius 1 is 1.23 bits per heavy atom. The summed E-state index contributed by atoms with van der Waals surface area (Å²) in [7, 11) is -2.10. The van der Waals surface area contributed by atoms with E-state index >= 15 is 0 Å². The number of rotatable bonds is 8. The lowest BCUT2D eigenvalue weighted by molar-refractivity contribution is -0.107. The number of aromatic nitrogens is 1. The maximum absolute atomic E-state index is 12.7. The molecule has 0 saturated carbocycles. The van der Waals surface area contributed by atoms with Gasteiger partial charge in [0.05, 0.1) is 17.2 Å². The smallest absolute Gasteiger partial charge is 0.255 e. The number of nitrogens with zero attached hydrogens (tertiary/aromatic N) is 2. The zero-order valence-electron chi connectivity index (χ0n) is 17.9. The number of aldehydes is 1. The van der Waals surface area contributed by atoms with Crippen molar-refractivity contribution in [3.05, 3.63) is 47.0 Å². The number of aryl methyl sites for hydroxylation is 2. The van der Waals surface area contributed by atoms with Crippen molar-refractivity contribution in [2.45, 2.75) is 26.7 Å². The summed E-state index contributed by atoms with van der Waals surface area (Å²) in [5.41, 5.74) is 2.86. The molecular weight excluding hydrogens is 418 g/mol. The summed E-state index contributed by atoms with van der Waals surface area (Å²) >= 11 is 0. The van der Waals surface area contributed by atoms with E-state index in [-0.39, 0.29) is 30.4 Å². The summed E-state index contributed by atoms with van der Waals surface area (Å²) in [6.45, 7) is 3.81. The fourth-order valence-electron chi connectivity index (χ4n) is 3.37. The zero-order valence-corrected chi connectivity index (χ0v) is 18.7. The van der Waals surface area contributed by atoms with Gasteiger partial charge in [-0.1, -0.05) is 29.8 Å². The van der Waals surface area contributed by atoms with E-state index in [4.69, 9.17) is 4.42 Å². The van der Waals surface area contributed by atoms with Crippen LogP contribution in [0.25, 0.3) is 22.4 Å². The highest BCUT2D eigenvalue weighted by atomic mass is 32.2. The molecule has 3 rings (SSSR count). The van der Waals surface area contributed by atoms with Crippen LogP contribution in [-0.2, 0) is 14.8 Å². The number of carbonyl (C=O) groups excluding carboxylic acids is 2. The lowest BCUT2D eigenvalue weighted by Gasteiger charge is -2.22. The Morgan fingerprint density at radius 2 is 1.90 bits per heavy atom. The van der Waals surface area contributed by atoms with Crippen LogP contribution in [0, 0.1) is 13.8 Å². The average molecular weight is 444 g/mol. The molecule has 0 aliphatic carbocycles. The topological polar surface area (TPSA) is 110 Å². The summed E-state index contributed by atoms with van der Waals surface area (Å²) < 4.78 is 31.9. The van der Waals surface area contributed by atoms with Crippen LogP contribution < -0.4 is 9.62 Å². The Labute approximate surface area is 181 Å². The SMILES string of the molecule is CNC(=O)c1c(-c2ccc(C)cc2)oc2nc(N(CCCC=O)S(C)(=O)=O)c(C)cc12. The highest BCUT2D eigenvalue weighted by molar-refractivity contribution is 7.92. The third-order valence-electron chi connectivity index (χ3n) is 4.93. The van der Waals surface area contributed by atoms with E-state index in [1.54, 1.807) is 13.0 Å². The predicted octanol–water partition coefficient (Wildman–Crippen LogP) is 3.22. The molecule has 8 nitrogen and oxygen atoms in total. The molecule has 0 radical (unpaired) electrons. The third kappa shape index (κ3) is 4.61. The number of benzene rings is 1. The van der Waals surface area contributed by atoms with E-state index in [1.807, 2.05) is 31.2 Å². The zero-order chi connectivity index (χ0) is 22.8. The third-order valence-corrected chi connectivity index (χ3v) is 6.09. The molecule has 0 fully saturated rings. The van der Waals surface area contributed by atoms with Gasteiger partial charge in [0.25, 0.3) is 5.91 Å². The van der Waals surface area contributed by atoms with E-state index in [2.05, 4.69) is 10.3 Å². The van der Waals surface area contributed by atoms with E-state index in [0.29, 0.717) is 34.3 Å². The summed E-state index contributed by atoms with van der Waals surface area (Å²) in [5, 5.41) is 3.13. The van der Waals surface area contributed by atoms with Gasteiger partial charge in [-0.25, -0.2) is 8.42 Å². The first-order valence-corrected chi connectivity index (χ1v) is 11.7. The van der Waals surface area contributed by atoms with Crippen molar-refractivity contribution < 1.29 is 22.4 Å². The summed E-state index contributed by atoms with van der Waals surface area (Å²) in [6.07, 6.45) is 2.45. The number of anilines is 1. The van der Waals surface area contributed by atoms with Gasteiger partial charge in [-0.05, 0) is 31.9 Å². The fraction of sp³-hybridized carbons (Fsp3) is 0.318. The summed E-state index contributed by atoms with van der Waals surface area (Å²) in [5.74, 6) is 0.257. The van der Waals surface area contributed by atoms with Crippen LogP contribution in [0.15, 0.2) is 34.7 Å². The second-order valence-corrected chi connectivity index (χ2v) is 9.28. The van der Waals surface area contributed by atoms with Crippen LogP contribution in [0.3, 0.4) is 0 Å². The van der Waals surface area contributed by atoms with Crippen molar-refractivity contribution in [3.63, 3.8) is 0 Å². The van der Waals surface area contributed by atoms with Crippen LogP contribution in [0.2, 0.25) is 0 Å². The number of amides is 1. The van der Waals surface area contributed by atoms with Crippen LogP contribution in [0.5, 0.6) is 0 Å². The molecule has 1 aromatic carbocycles. The lowest BCUT2D eigenvalue weighted by atomic mass is 10.0. The molecule has 0 spiro atoms. The number of carbonyl (C=O) groups is 2. The first-order valence-electron chi connectivity index (χ1n) is 9.82. The van der Waals surface area contributed by atoms with Crippen LogP contribution in [0.4, 0.5) is 5.82 Å². The van der Waals surface area contributed by atoms with Crippen LogP contribution >= 0.6 is 0 Å². The van der Waals surface area contributed by atoms with Gasteiger partial charge in [0, 0.05) is 25.6 Å². The van der Waals surface area contributed by atoms with Crippen molar-refractivity contribution in [2.24, 2.45) is 0 Å². The minimum atomic E-state index is -3.64. The molecule has 0 saturated heterocycles. The Kier molecular flexibility index (Phi) is 6.45. The first-order chi connectivity index (χ1) is 14.7. The second kappa shape index (κ2) is 8.89. The van der Waals surface area contributed by atoms with Crippen LogP contribution in [-0.4, -0.2) is 45.4 Å². The molecule has 2 aromatic heterocycles. The lowest BCUT2D eigenvalue weighted by Crippen LogP contribution is -2.32. The molecule has 1 amide bonds. The Morgan fingerprint density at radius 3 is 2.48 bits per heavy atom. The van der Waals surface area contributed by atoms with E-state index in [0.717, 1.165) is 18.1 Å². The largest absolute Gasteiger partial charge is 0.437 e. The number of unbranched alkanes of at least 4 members (excludes halogenated alkanes) is 1. The molecule has 31 heavy (non-hydrogen) atoms. The Balaban J connectivity index is 2.22. The van der Waals surface area contributed by atoms with Crippen molar-refractivity contribution in [1.29, 1.82) is 0 Å². The van der Waals surface area contributed by atoms with Gasteiger partial charge in [-0.15, -0.1) is 0 Å². The molecule has 0 aliphatic rings. The molecule has 1 N–H and O–H groups in total. The van der Waals surface area contributed by atoms with Gasteiger partial charge in [0.2, 0.25) is 15.7 Å². The first kappa shape index (κ1) is 22.5. The standard InChI is InChI=1S/C22H25N3O5S/c1-14-7-9-16(10-8-14)19-18(21(27)23-3)17-13-15(2)20(24-22(17)30-19)25(31(4,28)29)11-5-6-12-26/h7-10,12-13H,5-6,11H2,1-4H3,(H,23,27). The van der Waals surface area contributed by atoms with Gasteiger partial charge >= 0.3 is 0 Å². The molecular formula is C22H25N3O5S. The molecule has 0 bridgehead atoms. The fourth-order valence-corrected chi connectivity index (χ4v) is 4.33. The van der Waals surface area contributed by atoms with Crippen molar-refractivity contribution in [2.75, 3.05) is 24.2 Å². The van der Waals surface area contributed by atoms with Gasteiger partial charge in [0.1, 0.15) is 17.9 Å². The molecule has 0 unspecified atom stereocenters. The molecule has 164 valence electrons. The van der Waals surface area contributed by atoms with Gasteiger partial charge in [-0.3, -0.25) is 9.10 Å². The van der Waals surface area contributed by atoms with Gasteiger partial charge in [0.15, 0.2) is 0 Å². The predicted molar refractivity (Wildman–Crippen MR) is 120 cm³/mol. The number of hydrogen-bond donors (Lipinski definition) is 1. The van der Waals surface area contributed by atoms with Gasteiger partial charge < -0.3 is 14.5 Å². The highest BCUT2D eigenvalue weighted by Crippen LogP contribution is 2.36. The molecule has 2 heterocycles. The number of pyridine rings is 1. The van der Waals surface area contributed by atoms with E-state index < -0.39 is 10.0 Å². The maximum atomic E-state index is 12.7. The Bertz CT molecular complexity index is 1230. The number of nitrogens with one attached hydrogen (secondary N) is 1.